The zero-order valence-electron chi connectivity index (χ0n) is 42.6. The Labute approximate surface area is 415 Å². The van der Waals surface area contributed by atoms with Crippen LogP contribution in [0.4, 0.5) is 0 Å². The van der Waals surface area contributed by atoms with Crippen LogP contribution in [0, 0.1) is 12.1 Å². The number of benzene rings is 8. The third kappa shape index (κ3) is 7.37. The Balaban J connectivity index is 0.00000560. The molecular weight excluding hydrogens is 1010 g/mol. The van der Waals surface area contributed by atoms with Crippen LogP contribution in [0.3, 0.4) is 0 Å². The summed E-state index contributed by atoms with van der Waals surface area (Å²) < 4.78 is 49.1. The number of imidazole rings is 1. The molecule has 68 heavy (non-hydrogen) atoms. The second kappa shape index (κ2) is 16.5. The number of hydrogen-bond donors (Lipinski definition) is 0. The summed E-state index contributed by atoms with van der Waals surface area (Å²) in [5.41, 5.74) is 10.8. The summed E-state index contributed by atoms with van der Waals surface area (Å²) in [7, 11) is 0. The Morgan fingerprint density at radius 2 is 1.25 bits per heavy atom. The first-order valence-electron chi connectivity index (χ1n) is 24.8. The number of aromatic nitrogens is 4. The second-order valence-electron chi connectivity index (χ2n) is 19.5. The van der Waals surface area contributed by atoms with E-state index in [1.807, 2.05) is 34.7 Å². The molecule has 0 atom stereocenters. The van der Waals surface area contributed by atoms with E-state index in [0.29, 0.717) is 38.6 Å². The zero-order valence-corrected chi connectivity index (χ0v) is 40.9. The molecule has 336 valence electrons. The van der Waals surface area contributed by atoms with E-state index in [4.69, 9.17) is 12.1 Å². The van der Waals surface area contributed by atoms with Crippen molar-refractivity contribution in [3.8, 4) is 22.5 Å². The molecule has 0 aliphatic carbocycles. The third-order valence-corrected chi connectivity index (χ3v) is 13.1. The maximum absolute atomic E-state index is 9.35. The van der Waals surface area contributed by atoms with E-state index in [9.17, 15) is 2.74 Å². The van der Waals surface area contributed by atoms with Gasteiger partial charge in [-0.25, -0.2) is 4.98 Å². The molecule has 0 radical (unpaired) electrons. The third-order valence-electron chi connectivity index (χ3n) is 13.1. The average molecular weight is 1070 g/mol. The van der Waals surface area contributed by atoms with Crippen LogP contribution >= 0.6 is 0 Å². The molecule has 3 aromatic heterocycles. The summed E-state index contributed by atoms with van der Waals surface area (Å²) >= 11 is 0. The van der Waals surface area contributed by atoms with Crippen molar-refractivity contribution in [1.82, 2.24) is 18.5 Å². The van der Waals surface area contributed by atoms with Gasteiger partial charge < -0.3 is 18.0 Å². The van der Waals surface area contributed by atoms with E-state index in [-0.39, 0.29) is 56.1 Å². The molecule has 5 nitrogen and oxygen atoms in total. The van der Waals surface area contributed by atoms with Crippen LogP contribution in [0.2, 0.25) is 0 Å². The van der Waals surface area contributed by atoms with Gasteiger partial charge in [0.25, 0.3) is 0 Å². The van der Waals surface area contributed by atoms with Crippen LogP contribution < -0.4 is 0 Å². The summed E-state index contributed by atoms with van der Waals surface area (Å²) in [5.74, 6) is 0. The quantitative estimate of drug-likeness (QED) is 0.154. The standard InChI is InChI=1S/C62H49N4O.Pt/c1-61(2,3)43-20-14-18-41(34-43)49-26-16-27-53-50-24-8-7-23-48(50)40-17-13-19-42(33-40)54-35-44(62(4,5)6)36-59(63-54)66-55-28-10-9-25-51(55)52-32-31-47(38-58(52)66)67-46-22-15-21-45(37-46)64-39-65(60(49)53)57-30-12-11-29-56(57)64;/h7-36,39H,1-6H3;/q-3;/i9D,10D,25D,28D;. The molecule has 0 saturated carbocycles. The number of pyridine rings is 1. The van der Waals surface area contributed by atoms with Crippen LogP contribution in [-0.2, 0) is 31.9 Å². The van der Waals surface area contributed by atoms with E-state index in [1.54, 1.807) is 6.07 Å². The molecule has 0 amide bonds. The van der Waals surface area contributed by atoms with Crippen molar-refractivity contribution < 1.29 is 31.0 Å². The van der Waals surface area contributed by atoms with Crippen molar-refractivity contribution in [3.63, 3.8) is 0 Å². The number of fused-ring (bicyclic) bond motifs is 23. The minimum atomic E-state index is -0.325. The summed E-state index contributed by atoms with van der Waals surface area (Å²) in [6.07, 6.45) is 2.15. The number of hydrogen-bond acceptors (Lipinski definition) is 2. The molecule has 1 aliphatic heterocycles. The zero-order chi connectivity index (χ0) is 49.1. The SMILES string of the molecule is [2H]c1c([2H])c([2H])c2c(c1[2H])c1ccc3[c-]c1n2c1cc(C(C)(C)C)cc(n1)c1cccc(c1)c1ccccc1c1cccc(-c2cccc(C(C)(C)C)c2)c1n1[cH-]n(c2[c-]c(ccc2)o3)-c2ccccc2-1.[Pt]. The van der Waals surface area contributed by atoms with E-state index >= 15 is 0 Å². The van der Waals surface area contributed by atoms with Gasteiger partial charge >= 0.3 is 0 Å². The van der Waals surface area contributed by atoms with Gasteiger partial charge in [-0.3, -0.25) is 0 Å². The molecule has 12 rings (SSSR count). The van der Waals surface area contributed by atoms with Crippen molar-refractivity contribution in [2.24, 2.45) is 0 Å². The van der Waals surface area contributed by atoms with Crippen LogP contribution in [0.15, 0.2) is 193 Å². The molecular formula is C62H49N4OPt-3. The Hall–Kier alpha value is -7.33. The average Bonchev–Trinajstić information content (AvgIpc) is 3.93. The summed E-state index contributed by atoms with van der Waals surface area (Å²) in [6, 6.07) is 61.0. The van der Waals surface area contributed by atoms with Crippen LogP contribution in [0.1, 0.15) is 58.2 Å². The van der Waals surface area contributed by atoms with Crippen molar-refractivity contribution >= 4 is 82.1 Å². The van der Waals surface area contributed by atoms with Gasteiger partial charge in [0.05, 0.1) is 11.0 Å². The van der Waals surface area contributed by atoms with Crippen LogP contribution in [-0.4, -0.2) is 18.5 Å². The number of nitrogens with zero attached hydrogens (tertiary/aromatic N) is 4. The van der Waals surface area contributed by atoms with E-state index in [0.717, 1.165) is 71.5 Å². The van der Waals surface area contributed by atoms with Gasteiger partial charge in [-0.05, 0) is 101 Å². The predicted octanol–water partition coefficient (Wildman–Crippen LogP) is 16.4. The molecule has 11 aromatic rings. The van der Waals surface area contributed by atoms with E-state index in [2.05, 4.69) is 190 Å². The fraction of sp³-hybridized carbons (Fsp3) is 0.129. The first-order valence-corrected chi connectivity index (χ1v) is 22.8. The van der Waals surface area contributed by atoms with Gasteiger partial charge in [-0.15, -0.1) is 29.1 Å². The molecule has 10 bridgehead atoms. The monoisotopic (exact) mass is 1060 g/mol. The fourth-order valence-electron chi connectivity index (χ4n) is 9.58. The molecule has 0 saturated heterocycles. The van der Waals surface area contributed by atoms with Crippen molar-refractivity contribution in [2.45, 2.75) is 52.4 Å². The largest absolute Gasteiger partial charge is 0.510 e. The van der Waals surface area contributed by atoms with Crippen LogP contribution in [0.25, 0.3) is 105 Å². The van der Waals surface area contributed by atoms with E-state index < -0.39 is 0 Å². The minimum absolute atomic E-state index is 0. The summed E-state index contributed by atoms with van der Waals surface area (Å²) in [5, 5.41) is 6.07. The Kier molecular flexibility index (Phi) is 9.38. The van der Waals surface area contributed by atoms with Gasteiger partial charge in [-0.1, -0.05) is 174 Å². The van der Waals surface area contributed by atoms with Crippen LogP contribution in [0.5, 0.6) is 0 Å². The number of para-hydroxylation sites is 4. The summed E-state index contributed by atoms with van der Waals surface area (Å²) in [4.78, 5) is 5.40. The van der Waals surface area contributed by atoms with Gasteiger partial charge in [0.1, 0.15) is 5.65 Å². The molecule has 0 unspecified atom stereocenters. The molecule has 0 N–H and O–H groups in total. The Bertz CT molecular complexity index is 4330. The second-order valence-corrected chi connectivity index (χ2v) is 19.5. The van der Waals surface area contributed by atoms with E-state index in [1.165, 1.54) is 5.56 Å². The predicted molar refractivity (Wildman–Crippen MR) is 280 cm³/mol. The first kappa shape index (κ1) is 38.7. The van der Waals surface area contributed by atoms with Crippen molar-refractivity contribution in [3.05, 3.63) is 211 Å². The van der Waals surface area contributed by atoms with Gasteiger partial charge in [0.2, 0.25) is 0 Å². The number of rotatable bonds is 1. The molecule has 0 fully saturated rings. The van der Waals surface area contributed by atoms with Gasteiger partial charge in [0.15, 0.2) is 0 Å². The fourth-order valence-corrected chi connectivity index (χ4v) is 9.58. The maximum atomic E-state index is 9.35. The first-order chi connectivity index (χ1) is 34.1. The van der Waals surface area contributed by atoms with Crippen molar-refractivity contribution in [2.75, 3.05) is 0 Å². The van der Waals surface area contributed by atoms with Crippen molar-refractivity contribution in [1.29, 1.82) is 0 Å². The smallest absolute Gasteiger partial charge is 0.136 e. The molecule has 6 heteroatoms. The Morgan fingerprint density at radius 3 is 2.07 bits per heavy atom. The maximum Gasteiger partial charge on any atom is 0.136 e. The minimum Gasteiger partial charge on any atom is -0.510 e. The normalized spacial score (nSPS) is 13.0. The Morgan fingerprint density at radius 1 is 0.559 bits per heavy atom. The van der Waals surface area contributed by atoms with Gasteiger partial charge in [-0.2, -0.15) is 24.3 Å². The molecule has 8 aromatic carbocycles. The summed E-state index contributed by atoms with van der Waals surface area (Å²) in [6.45, 7) is 13.3. The molecule has 0 spiro atoms. The molecule has 4 heterocycles. The topological polar surface area (TPSA) is 40.3 Å². The van der Waals surface area contributed by atoms with Gasteiger partial charge in [0, 0.05) is 49.5 Å². The molecule has 1 aliphatic rings.